The molecule has 1 saturated heterocycles. The fraction of sp³-hybridized carbons (Fsp3) is 0.455. The van der Waals surface area contributed by atoms with Crippen LogP contribution in [0.1, 0.15) is 17.4 Å². The smallest absolute Gasteiger partial charge is 0.287 e. The van der Waals surface area contributed by atoms with E-state index in [1.165, 1.54) is 12.3 Å². The normalized spacial score (nSPS) is 20.1. The van der Waals surface area contributed by atoms with Crippen molar-refractivity contribution < 1.29 is 14.5 Å². The molecule has 2 heterocycles. The summed E-state index contributed by atoms with van der Waals surface area (Å²) in [4.78, 5) is 37.7. The molecular formula is C11H14N4O4. The largest absolute Gasteiger partial charge is 0.353 e. The van der Waals surface area contributed by atoms with E-state index in [1.54, 1.807) is 11.8 Å². The van der Waals surface area contributed by atoms with E-state index in [9.17, 15) is 19.7 Å². The van der Waals surface area contributed by atoms with Gasteiger partial charge in [-0.25, -0.2) is 0 Å². The number of rotatable bonds is 4. The van der Waals surface area contributed by atoms with Crippen molar-refractivity contribution in [3.05, 3.63) is 28.1 Å². The second-order valence-electron chi connectivity index (χ2n) is 4.39. The second-order valence-corrected chi connectivity index (χ2v) is 4.39. The molecule has 102 valence electrons. The van der Waals surface area contributed by atoms with E-state index in [4.69, 9.17) is 0 Å². The molecule has 8 heteroatoms. The Morgan fingerprint density at radius 1 is 1.63 bits per heavy atom. The lowest BCUT2D eigenvalue weighted by atomic mass is 10.1. The zero-order chi connectivity index (χ0) is 14.0. The number of nitrogens with zero attached hydrogens (tertiary/aromatic N) is 2. The Kier molecular flexibility index (Phi) is 3.61. The molecule has 1 aromatic rings. The molecule has 0 bridgehead atoms. The number of carbonyl (C=O) groups excluding carboxylic acids is 2. The summed E-state index contributed by atoms with van der Waals surface area (Å²) in [6.45, 7) is 2.87. The van der Waals surface area contributed by atoms with E-state index in [0.29, 0.717) is 13.1 Å². The van der Waals surface area contributed by atoms with Crippen molar-refractivity contribution in [2.75, 3.05) is 19.6 Å². The Balaban J connectivity index is 2.03. The van der Waals surface area contributed by atoms with Gasteiger partial charge < -0.3 is 10.3 Å². The van der Waals surface area contributed by atoms with Crippen LogP contribution in [0.3, 0.4) is 0 Å². The van der Waals surface area contributed by atoms with Gasteiger partial charge in [0.15, 0.2) is 5.78 Å². The van der Waals surface area contributed by atoms with Gasteiger partial charge in [0.2, 0.25) is 5.91 Å². The summed E-state index contributed by atoms with van der Waals surface area (Å²) < 4.78 is 0. The van der Waals surface area contributed by atoms with Crippen molar-refractivity contribution >= 4 is 17.4 Å². The van der Waals surface area contributed by atoms with Crippen LogP contribution in [-0.2, 0) is 4.79 Å². The van der Waals surface area contributed by atoms with Gasteiger partial charge in [0.25, 0.3) is 5.69 Å². The maximum absolute atomic E-state index is 12.0. The van der Waals surface area contributed by atoms with Crippen LogP contribution in [0.4, 0.5) is 5.69 Å². The van der Waals surface area contributed by atoms with Crippen LogP contribution < -0.4 is 5.32 Å². The van der Waals surface area contributed by atoms with E-state index >= 15 is 0 Å². The first-order valence-electron chi connectivity index (χ1n) is 5.87. The summed E-state index contributed by atoms with van der Waals surface area (Å²) in [6.07, 6.45) is 1.18. The summed E-state index contributed by atoms with van der Waals surface area (Å²) in [7, 11) is 0. The monoisotopic (exact) mass is 266 g/mol. The van der Waals surface area contributed by atoms with Crippen LogP contribution in [0.2, 0.25) is 0 Å². The average molecular weight is 266 g/mol. The third-order valence-electron chi connectivity index (χ3n) is 3.15. The molecule has 1 aliphatic heterocycles. The van der Waals surface area contributed by atoms with Gasteiger partial charge in [0.05, 0.1) is 29.4 Å². The molecule has 0 saturated carbocycles. The highest BCUT2D eigenvalue weighted by molar-refractivity contribution is 5.97. The summed E-state index contributed by atoms with van der Waals surface area (Å²) >= 11 is 0. The highest BCUT2D eigenvalue weighted by atomic mass is 16.6. The van der Waals surface area contributed by atoms with Crippen molar-refractivity contribution in [3.8, 4) is 0 Å². The van der Waals surface area contributed by atoms with Crippen LogP contribution in [0.5, 0.6) is 0 Å². The zero-order valence-corrected chi connectivity index (χ0v) is 10.4. The number of nitrogens with one attached hydrogen (secondary N) is 2. The number of aromatic nitrogens is 1. The van der Waals surface area contributed by atoms with Crippen LogP contribution in [-0.4, -0.2) is 52.2 Å². The number of nitro groups is 1. The average Bonchev–Trinajstić information content (AvgIpc) is 2.84. The lowest BCUT2D eigenvalue weighted by molar-refractivity contribution is -0.384. The van der Waals surface area contributed by atoms with E-state index in [1.807, 2.05) is 0 Å². The molecular weight excluding hydrogens is 252 g/mol. The number of aromatic amines is 1. The summed E-state index contributed by atoms with van der Waals surface area (Å²) in [5.74, 6) is -0.383. The fourth-order valence-corrected chi connectivity index (χ4v) is 1.96. The molecule has 1 atom stereocenters. The summed E-state index contributed by atoms with van der Waals surface area (Å²) in [5.41, 5.74) is 0.0395. The van der Waals surface area contributed by atoms with Gasteiger partial charge in [0, 0.05) is 19.2 Å². The van der Waals surface area contributed by atoms with Crippen LogP contribution in [0.15, 0.2) is 12.3 Å². The van der Waals surface area contributed by atoms with Gasteiger partial charge >= 0.3 is 0 Å². The maximum Gasteiger partial charge on any atom is 0.287 e. The van der Waals surface area contributed by atoms with Crippen molar-refractivity contribution in [3.63, 3.8) is 0 Å². The zero-order valence-electron chi connectivity index (χ0n) is 10.4. The molecule has 2 N–H and O–H groups in total. The lowest BCUT2D eigenvalue weighted by Crippen LogP contribution is -2.55. The molecule has 1 aliphatic rings. The van der Waals surface area contributed by atoms with Gasteiger partial charge in [-0.05, 0) is 6.92 Å². The first-order chi connectivity index (χ1) is 8.99. The molecule has 0 aliphatic carbocycles. The Labute approximate surface area is 108 Å². The Hall–Kier alpha value is -2.22. The predicted molar refractivity (Wildman–Crippen MR) is 65.8 cm³/mol. The number of piperazine rings is 1. The molecule has 0 spiro atoms. The molecule has 1 fully saturated rings. The maximum atomic E-state index is 12.0. The van der Waals surface area contributed by atoms with Gasteiger partial charge in [-0.1, -0.05) is 0 Å². The number of ketones is 1. The number of Topliss-reactive ketones (excluding diaryl/α,β-unsaturated/α-hetero) is 1. The van der Waals surface area contributed by atoms with Gasteiger partial charge in [0.1, 0.15) is 0 Å². The molecule has 1 amide bonds. The first kappa shape index (κ1) is 13.2. The van der Waals surface area contributed by atoms with E-state index in [-0.39, 0.29) is 35.7 Å². The number of hydrogen-bond acceptors (Lipinski definition) is 5. The fourth-order valence-electron chi connectivity index (χ4n) is 1.96. The lowest BCUT2D eigenvalue weighted by Gasteiger charge is -2.31. The van der Waals surface area contributed by atoms with Crippen molar-refractivity contribution in [1.82, 2.24) is 15.2 Å². The molecule has 19 heavy (non-hydrogen) atoms. The molecule has 0 aromatic carbocycles. The minimum Gasteiger partial charge on any atom is -0.353 e. The summed E-state index contributed by atoms with van der Waals surface area (Å²) in [5, 5.41) is 13.2. The van der Waals surface area contributed by atoms with Crippen LogP contribution in [0.25, 0.3) is 0 Å². The van der Waals surface area contributed by atoms with Crippen molar-refractivity contribution in [1.29, 1.82) is 0 Å². The molecule has 0 radical (unpaired) electrons. The SMILES string of the molecule is CC1C(=O)NCCN1CC(=O)c1cc([N+](=O)[O-])c[nH]1. The molecule has 1 unspecified atom stereocenters. The minimum absolute atomic E-state index is 0.0618. The van der Waals surface area contributed by atoms with E-state index in [2.05, 4.69) is 10.3 Å². The third-order valence-corrected chi connectivity index (χ3v) is 3.15. The Morgan fingerprint density at radius 2 is 2.37 bits per heavy atom. The highest BCUT2D eigenvalue weighted by Gasteiger charge is 2.27. The molecule has 8 nitrogen and oxygen atoms in total. The number of amides is 1. The standard InChI is InChI=1S/C11H14N4O4/c1-7-11(17)12-2-3-14(7)6-10(16)9-4-8(5-13-9)15(18)19/h4-5,7,13H,2-3,6H2,1H3,(H,12,17). The minimum atomic E-state index is -0.565. The predicted octanol–water partition coefficient (Wildman–Crippen LogP) is -0.0741. The van der Waals surface area contributed by atoms with E-state index < -0.39 is 4.92 Å². The second kappa shape index (κ2) is 5.19. The Bertz CT molecular complexity index is 525. The number of carbonyl (C=O) groups is 2. The molecule has 1 aromatic heterocycles. The number of hydrogen-bond donors (Lipinski definition) is 2. The topological polar surface area (TPSA) is 108 Å². The first-order valence-corrected chi connectivity index (χ1v) is 5.87. The molecule has 2 rings (SSSR count). The third kappa shape index (κ3) is 2.79. The van der Waals surface area contributed by atoms with E-state index in [0.717, 1.165) is 0 Å². The Morgan fingerprint density at radius 3 is 3.00 bits per heavy atom. The quantitative estimate of drug-likeness (QED) is 0.450. The van der Waals surface area contributed by atoms with Gasteiger partial charge in [-0.2, -0.15) is 0 Å². The highest BCUT2D eigenvalue weighted by Crippen LogP contribution is 2.14. The van der Waals surface area contributed by atoms with Crippen molar-refractivity contribution in [2.24, 2.45) is 0 Å². The van der Waals surface area contributed by atoms with Gasteiger partial charge in [-0.3, -0.25) is 24.6 Å². The van der Waals surface area contributed by atoms with Crippen LogP contribution in [0, 0.1) is 10.1 Å². The van der Waals surface area contributed by atoms with Crippen molar-refractivity contribution in [2.45, 2.75) is 13.0 Å². The number of H-pyrrole nitrogens is 1. The van der Waals surface area contributed by atoms with Crippen LogP contribution >= 0.6 is 0 Å². The van der Waals surface area contributed by atoms with Gasteiger partial charge in [-0.15, -0.1) is 0 Å². The summed E-state index contributed by atoms with van der Waals surface area (Å²) in [6, 6.07) is 0.833.